The van der Waals surface area contributed by atoms with E-state index in [9.17, 15) is 10.4 Å². The molecule has 1 fully saturated rings. The van der Waals surface area contributed by atoms with Crippen molar-refractivity contribution < 1.29 is 5.11 Å². The van der Waals surface area contributed by atoms with Crippen LogP contribution in [-0.4, -0.2) is 35.1 Å². The van der Waals surface area contributed by atoms with Gasteiger partial charge in [0, 0.05) is 12.1 Å². The zero-order chi connectivity index (χ0) is 16.4. The number of rotatable bonds is 2. The van der Waals surface area contributed by atoms with Gasteiger partial charge in [-0.1, -0.05) is 19.6 Å². The molecule has 0 spiro atoms. The minimum Gasteiger partial charge on any atom is -0.507 e. The fourth-order valence-electron chi connectivity index (χ4n) is 3.28. The van der Waals surface area contributed by atoms with Crippen LogP contribution < -0.4 is 5.73 Å². The zero-order valence-electron chi connectivity index (χ0n) is 13.2. The number of phenols is 1. The molecule has 5 nitrogen and oxygen atoms in total. The van der Waals surface area contributed by atoms with Crippen molar-refractivity contribution in [3.8, 4) is 23.1 Å². The number of benzene rings is 1. The van der Waals surface area contributed by atoms with Crippen molar-refractivity contribution in [1.82, 2.24) is 9.88 Å². The lowest BCUT2D eigenvalue weighted by Gasteiger charge is -2.30. The molecule has 5 heteroatoms. The standard InChI is InChI=1S/C18H20N4O.CH4/c1-22-8-4-5-12(11-22)14-9-16(21-18(20)15(14)10-19)13-6-2-3-7-17(13)23;/h2-3,6-7,9,12,23H,4-5,8,11H2,1H3,(H2,20,21);1H4. The van der Waals surface area contributed by atoms with Crippen LogP contribution in [-0.2, 0) is 0 Å². The number of piperidine rings is 1. The van der Waals surface area contributed by atoms with Gasteiger partial charge in [-0.25, -0.2) is 4.98 Å². The predicted molar refractivity (Wildman–Crippen MR) is 96.7 cm³/mol. The summed E-state index contributed by atoms with van der Waals surface area (Å²) in [5.41, 5.74) is 8.68. The van der Waals surface area contributed by atoms with Crippen molar-refractivity contribution in [2.75, 3.05) is 25.9 Å². The van der Waals surface area contributed by atoms with Crippen molar-refractivity contribution in [3.63, 3.8) is 0 Å². The molecule has 0 saturated carbocycles. The van der Waals surface area contributed by atoms with Gasteiger partial charge in [-0.15, -0.1) is 0 Å². The van der Waals surface area contributed by atoms with Crippen molar-refractivity contribution in [2.45, 2.75) is 26.2 Å². The van der Waals surface area contributed by atoms with E-state index in [4.69, 9.17) is 5.73 Å². The second-order valence-electron chi connectivity index (χ2n) is 6.09. The number of likely N-dealkylation sites (tertiary alicyclic amines) is 1. The molecule has 1 aromatic carbocycles. The Morgan fingerprint density at radius 1 is 1.38 bits per heavy atom. The maximum absolute atomic E-state index is 10.1. The monoisotopic (exact) mass is 324 g/mol. The summed E-state index contributed by atoms with van der Waals surface area (Å²) in [5.74, 6) is 0.658. The summed E-state index contributed by atoms with van der Waals surface area (Å²) in [6.07, 6.45) is 2.13. The summed E-state index contributed by atoms with van der Waals surface area (Å²) < 4.78 is 0. The van der Waals surface area contributed by atoms with E-state index in [0.29, 0.717) is 16.8 Å². The molecule has 0 aliphatic carbocycles. The highest BCUT2D eigenvalue weighted by molar-refractivity contribution is 5.71. The third kappa shape index (κ3) is 3.34. The highest BCUT2D eigenvalue weighted by Gasteiger charge is 2.24. The van der Waals surface area contributed by atoms with Crippen LogP contribution in [0.1, 0.15) is 37.3 Å². The normalized spacial score (nSPS) is 17.8. The molecule has 3 rings (SSSR count). The van der Waals surface area contributed by atoms with Gasteiger partial charge in [0.25, 0.3) is 0 Å². The molecule has 126 valence electrons. The molecule has 1 aliphatic rings. The van der Waals surface area contributed by atoms with E-state index >= 15 is 0 Å². The molecular weight excluding hydrogens is 300 g/mol. The number of nitriles is 1. The lowest BCUT2D eigenvalue weighted by atomic mass is 9.87. The van der Waals surface area contributed by atoms with Crippen LogP contribution in [0.15, 0.2) is 30.3 Å². The number of nitrogens with two attached hydrogens (primary N) is 1. The summed E-state index contributed by atoms with van der Waals surface area (Å²) in [6.45, 7) is 1.98. The number of aromatic hydroxyl groups is 1. The van der Waals surface area contributed by atoms with Gasteiger partial charge in [0.05, 0.1) is 11.3 Å². The smallest absolute Gasteiger partial charge is 0.142 e. The average molecular weight is 324 g/mol. The van der Waals surface area contributed by atoms with Gasteiger partial charge in [0.1, 0.15) is 17.6 Å². The zero-order valence-corrected chi connectivity index (χ0v) is 13.2. The highest BCUT2D eigenvalue weighted by Crippen LogP contribution is 2.35. The number of para-hydroxylation sites is 1. The number of nitrogen functional groups attached to an aromatic ring is 1. The van der Waals surface area contributed by atoms with E-state index in [-0.39, 0.29) is 24.9 Å². The Balaban J connectivity index is 0.00000208. The van der Waals surface area contributed by atoms with Gasteiger partial charge in [0.2, 0.25) is 0 Å². The Labute approximate surface area is 143 Å². The molecule has 1 aromatic heterocycles. The van der Waals surface area contributed by atoms with Crippen molar-refractivity contribution in [3.05, 3.63) is 41.5 Å². The number of phenolic OH excluding ortho intramolecular Hbond substituents is 1. The van der Waals surface area contributed by atoms with Gasteiger partial charge < -0.3 is 15.7 Å². The molecule has 0 bridgehead atoms. The largest absolute Gasteiger partial charge is 0.507 e. The molecule has 24 heavy (non-hydrogen) atoms. The van der Waals surface area contributed by atoms with E-state index in [0.717, 1.165) is 31.5 Å². The molecule has 1 atom stereocenters. The van der Waals surface area contributed by atoms with Crippen LogP contribution >= 0.6 is 0 Å². The lowest BCUT2D eigenvalue weighted by Crippen LogP contribution is -2.31. The van der Waals surface area contributed by atoms with E-state index < -0.39 is 0 Å². The molecule has 1 aliphatic heterocycles. The highest BCUT2D eigenvalue weighted by atomic mass is 16.3. The molecular formula is C19H24N4O. The molecule has 2 heterocycles. The number of likely N-dealkylation sites (N-methyl/N-ethyl adjacent to an activating group) is 1. The quantitative estimate of drug-likeness (QED) is 0.884. The third-order valence-corrected chi connectivity index (χ3v) is 4.43. The van der Waals surface area contributed by atoms with Crippen molar-refractivity contribution >= 4 is 5.82 Å². The number of anilines is 1. The van der Waals surface area contributed by atoms with Crippen LogP contribution in [0.3, 0.4) is 0 Å². The summed E-state index contributed by atoms with van der Waals surface area (Å²) in [4.78, 5) is 6.60. The van der Waals surface area contributed by atoms with Crippen LogP contribution in [0.25, 0.3) is 11.3 Å². The van der Waals surface area contributed by atoms with E-state index in [1.54, 1.807) is 18.2 Å². The summed E-state index contributed by atoms with van der Waals surface area (Å²) in [7, 11) is 2.09. The fourth-order valence-corrected chi connectivity index (χ4v) is 3.28. The first-order valence-corrected chi connectivity index (χ1v) is 7.77. The van der Waals surface area contributed by atoms with Gasteiger partial charge in [-0.2, -0.15) is 5.26 Å². The van der Waals surface area contributed by atoms with E-state index in [1.165, 1.54) is 0 Å². The molecule has 0 amide bonds. The Bertz CT molecular complexity index is 766. The van der Waals surface area contributed by atoms with Gasteiger partial charge in [-0.05, 0) is 56.1 Å². The van der Waals surface area contributed by atoms with Crippen molar-refractivity contribution in [2.24, 2.45) is 0 Å². The third-order valence-electron chi connectivity index (χ3n) is 4.43. The van der Waals surface area contributed by atoms with Gasteiger partial charge >= 0.3 is 0 Å². The number of hydrogen-bond acceptors (Lipinski definition) is 5. The molecule has 1 unspecified atom stereocenters. The maximum atomic E-state index is 10.1. The first-order chi connectivity index (χ1) is 11.1. The molecule has 1 saturated heterocycles. The minimum absolute atomic E-state index is 0. The predicted octanol–water partition coefficient (Wildman–Crippen LogP) is 3.35. The summed E-state index contributed by atoms with van der Waals surface area (Å²) >= 11 is 0. The number of aromatic nitrogens is 1. The molecule has 3 N–H and O–H groups in total. The SMILES string of the molecule is C.CN1CCCC(c2cc(-c3ccccc3O)nc(N)c2C#N)C1. The van der Waals surface area contributed by atoms with Crippen LogP contribution in [0.4, 0.5) is 5.82 Å². The van der Waals surface area contributed by atoms with Gasteiger partial charge in [0.15, 0.2) is 0 Å². The minimum atomic E-state index is 0. The topological polar surface area (TPSA) is 86.2 Å². The van der Waals surface area contributed by atoms with Crippen LogP contribution in [0, 0.1) is 11.3 Å². The second kappa shape index (κ2) is 7.33. The Hall–Kier alpha value is -2.58. The van der Waals surface area contributed by atoms with E-state index in [2.05, 4.69) is 23.0 Å². The number of hydrogen-bond donors (Lipinski definition) is 2. The Morgan fingerprint density at radius 2 is 2.12 bits per heavy atom. The molecule has 0 radical (unpaired) electrons. The number of pyridine rings is 1. The van der Waals surface area contributed by atoms with Crippen LogP contribution in [0.5, 0.6) is 5.75 Å². The second-order valence-corrected chi connectivity index (χ2v) is 6.09. The van der Waals surface area contributed by atoms with E-state index in [1.807, 2.05) is 12.1 Å². The van der Waals surface area contributed by atoms with Crippen molar-refractivity contribution in [1.29, 1.82) is 5.26 Å². The van der Waals surface area contributed by atoms with Gasteiger partial charge in [-0.3, -0.25) is 0 Å². The Morgan fingerprint density at radius 3 is 2.79 bits per heavy atom. The number of nitrogens with zero attached hydrogens (tertiary/aromatic N) is 3. The fraction of sp³-hybridized carbons (Fsp3) is 0.368. The average Bonchev–Trinajstić information content (AvgIpc) is 2.54. The summed E-state index contributed by atoms with van der Waals surface area (Å²) in [6, 6.07) is 11.2. The maximum Gasteiger partial charge on any atom is 0.142 e. The summed E-state index contributed by atoms with van der Waals surface area (Å²) in [5, 5.41) is 19.5. The Kier molecular flexibility index (Phi) is 5.42. The lowest BCUT2D eigenvalue weighted by molar-refractivity contribution is 0.250. The molecule has 2 aromatic rings. The first-order valence-electron chi connectivity index (χ1n) is 7.77. The first kappa shape index (κ1) is 17.8. The van der Waals surface area contributed by atoms with Crippen LogP contribution in [0.2, 0.25) is 0 Å².